The number of ketones is 1. The van der Waals surface area contributed by atoms with Gasteiger partial charge in [-0.05, 0) is 55.9 Å². The van der Waals surface area contributed by atoms with Crippen molar-refractivity contribution < 1.29 is 9.53 Å². The van der Waals surface area contributed by atoms with Gasteiger partial charge >= 0.3 is 0 Å². The van der Waals surface area contributed by atoms with Crippen molar-refractivity contribution in [2.45, 2.75) is 59.3 Å². The van der Waals surface area contributed by atoms with Gasteiger partial charge in [-0.2, -0.15) is 0 Å². The second-order valence-corrected chi connectivity index (χ2v) is 5.18. The summed E-state index contributed by atoms with van der Waals surface area (Å²) in [6, 6.07) is 6.44. The summed E-state index contributed by atoms with van der Waals surface area (Å²) in [6.07, 6.45) is 6.97. The van der Waals surface area contributed by atoms with Crippen molar-refractivity contribution in [2.24, 2.45) is 0 Å². The van der Waals surface area contributed by atoms with E-state index in [1.165, 1.54) is 36.8 Å². The van der Waals surface area contributed by atoms with Crippen molar-refractivity contribution in [3.8, 4) is 5.75 Å². The van der Waals surface area contributed by atoms with Crippen LogP contribution in [0.2, 0.25) is 0 Å². The molecule has 0 aliphatic heterocycles. The average Bonchev–Trinajstić information content (AvgIpc) is 2.40. The fourth-order valence-corrected chi connectivity index (χ4v) is 2.05. The zero-order valence-electron chi connectivity index (χ0n) is 12.5. The first-order chi connectivity index (χ1) is 9.15. The summed E-state index contributed by atoms with van der Waals surface area (Å²) in [6.45, 7) is 6.13. The molecule has 2 nitrogen and oxygen atoms in total. The molecule has 0 aliphatic carbocycles. The van der Waals surface area contributed by atoms with Crippen LogP contribution in [0.1, 0.15) is 57.6 Å². The lowest BCUT2D eigenvalue weighted by molar-refractivity contribution is -0.118. The molecule has 0 aromatic heterocycles. The molecule has 0 bridgehead atoms. The lowest BCUT2D eigenvalue weighted by Gasteiger charge is -2.10. The largest absolute Gasteiger partial charge is 0.486 e. The Bertz CT molecular complexity index is 370. The third-order valence-electron chi connectivity index (χ3n) is 3.11. The van der Waals surface area contributed by atoms with Gasteiger partial charge in [-0.15, -0.1) is 0 Å². The third kappa shape index (κ3) is 6.42. The molecule has 0 heterocycles. The molecular weight excluding hydrogens is 236 g/mol. The Morgan fingerprint density at radius 2 is 1.53 bits per heavy atom. The lowest BCUT2D eigenvalue weighted by atomic mass is 10.0. The first-order valence-corrected chi connectivity index (χ1v) is 7.40. The molecule has 0 fully saturated rings. The molecule has 0 atom stereocenters. The average molecular weight is 262 g/mol. The van der Waals surface area contributed by atoms with Gasteiger partial charge in [0.05, 0.1) is 0 Å². The summed E-state index contributed by atoms with van der Waals surface area (Å²) >= 11 is 0. The number of carbonyl (C=O) groups excluding carboxylic acids is 1. The van der Waals surface area contributed by atoms with E-state index in [0.29, 0.717) is 0 Å². The minimum Gasteiger partial charge on any atom is -0.486 e. The van der Waals surface area contributed by atoms with Crippen LogP contribution in [0.3, 0.4) is 0 Å². The highest BCUT2D eigenvalue weighted by atomic mass is 16.5. The van der Waals surface area contributed by atoms with Crippen LogP contribution in [-0.2, 0) is 17.6 Å². The zero-order valence-corrected chi connectivity index (χ0v) is 12.5. The maximum atomic E-state index is 11.0. The van der Waals surface area contributed by atoms with Gasteiger partial charge in [-0.3, -0.25) is 4.79 Å². The second-order valence-electron chi connectivity index (χ2n) is 5.18. The number of hydrogen-bond acceptors (Lipinski definition) is 2. The van der Waals surface area contributed by atoms with Gasteiger partial charge in [0.15, 0.2) is 5.78 Å². The Labute approximate surface area is 117 Å². The van der Waals surface area contributed by atoms with Gasteiger partial charge in [0.2, 0.25) is 0 Å². The molecule has 0 unspecified atom stereocenters. The van der Waals surface area contributed by atoms with Crippen molar-refractivity contribution in [3.63, 3.8) is 0 Å². The van der Waals surface area contributed by atoms with Crippen molar-refractivity contribution in [1.82, 2.24) is 0 Å². The molecular formula is C17H26O2. The van der Waals surface area contributed by atoms with Crippen LogP contribution >= 0.6 is 0 Å². The predicted molar refractivity (Wildman–Crippen MR) is 79.8 cm³/mol. The topological polar surface area (TPSA) is 26.3 Å². The Kier molecular flexibility index (Phi) is 7.24. The highest BCUT2D eigenvalue weighted by molar-refractivity contribution is 5.77. The molecule has 0 spiro atoms. The smallest absolute Gasteiger partial charge is 0.167 e. The summed E-state index contributed by atoms with van der Waals surface area (Å²) in [4.78, 5) is 11.0. The third-order valence-corrected chi connectivity index (χ3v) is 3.11. The van der Waals surface area contributed by atoms with Crippen LogP contribution < -0.4 is 4.74 Å². The number of rotatable bonds is 9. The van der Waals surface area contributed by atoms with Gasteiger partial charge in [-0.25, -0.2) is 0 Å². The minimum absolute atomic E-state index is 0.0640. The van der Waals surface area contributed by atoms with E-state index in [4.69, 9.17) is 4.74 Å². The Morgan fingerprint density at radius 3 is 1.95 bits per heavy atom. The summed E-state index contributed by atoms with van der Waals surface area (Å²) in [5.41, 5.74) is 2.66. The molecule has 0 radical (unpaired) electrons. The fraction of sp³-hybridized carbons (Fsp3) is 0.588. The molecule has 0 aliphatic rings. The predicted octanol–water partition coefficient (Wildman–Crippen LogP) is 4.34. The minimum atomic E-state index is 0.0640. The van der Waals surface area contributed by atoms with E-state index in [0.717, 1.165) is 18.6 Å². The number of aryl methyl sites for hydroxylation is 2. The number of ether oxygens (including phenoxy) is 1. The number of unbranched alkanes of at least 4 members (excludes halogenated alkanes) is 2. The zero-order chi connectivity index (χ0) is 14.1. The van der Waals surface area contributed by atoms with Gasteiger partial charge in [-0.1, -0.05) is 32.8 Å². The van der Waals surface area contributed by atoms with Crippen LogP contribution in [0.4, 0.5) is 0 Å². The molecule has 0 saturated heterocycles. The van der Waals surface area contributed by atoms with E-state index in [9.17, 15) is 4.79 Å². The Balaban J connectivity index is 2.78. The van der Waals surface area contributed by atoms with Crippen molar-refractivity contribution in [2.75, 3.05) is 6.61 Å². The number of carbonyl (C=O) groups is 1. The summed E-state index contributed by atoms with van der Waals surface area (Å²) in [5, 5.41) is 0. The monoisotopic (exact) mass is 262 g/mol. The summed E-state index contributed by atoms with van der Waals surface area (Å²) < 4.78 is 5.56. The number of hydrogen-bond donors (Lipinski definition) is 0. The SMILES string of the molecule is CCCCc1cc(CCCC)cc(OCC(C)=O)c1. The highest BCUT2D eigenvalue weighted by Gasteiger charge is 2.04. The molecule has 1 aromatic carbocycles. The van der Waals surface area contributed by atoms with Crippen molar-refractivity contribution in [1.29, 1.82) is 0 Å². The van der Waals surface area contributed by atoms with E-state index in [-0.39, 0.29) is 12.4 Å². The van der Waals surface area contributed by atoms with Gasteiger partial charge < -0.3 is 4.74 Å². The lowest BCUT2D eigenvalue weighted by Crippen LogP contribution is -2.07. The summed E-state index contributed by atoms with van der Waals surface area (Å²) in [5.74, 6) is 0.906. The maximum Gasteiger partial charge on any atom is 0.167 e. The number of Topliss-reactive ketones (excluding diaryl/α,β-unsaturated/α-hetero) is 1. The first-order valence-electron chi connectivity index (χ1n) is 7.40. The molecule has 19 heavy (non-hydrogen) atoms. The Morgan fingerprint density at radius 1 is 1.00 bits per heavy atom. The standard InChI is InChI=1S/C17H26O2/c1-4-6-8-15-10-16(9-7-5-2)12-17(11-15)19-13-14(3)18/h10-12H,4-9,13H2,1-3H3. The molecule has 0 saturated carbocycles. The molecule has 0 N–H and O–H groups in total. The molecule has 2 heteroatoms. The normalized spacial score (nSPS) is 10.5. The molecule has 1 aromatic rings. The molecule has 1 rings (SSSR count). The van der Waals surface area contributed by atoms with Gasteiger partial charge in [0.1, 0.15) is 12.4 Å². The Hall–Kier alpha value is -1.31. The second kappa shape index (κ2) is 8.73. The van der Waals surface area contributed by atoms with Crippen LogP contribution in [0.15, 0.2) is 18.2 Å². The van der Waals surface area contributed by atoms with Crippen LogP contribution in [-0.4, -0.2) is 12.4 Å². The van der Waals surface area contributed by atoms with E-state index in [1.54, 1.807) is 6.92 Å². The van der Waals surface area contributed by atoms with Gasteiger partial charge in [0.25, 0.3) is 0 Å². The van der Waals surface area contributed by atoms with Crippen LogP contribution in [0.25, 0.3) is 0 Å². The molecule has 106 valence electrons. The highest BCUT2D eigenvalue weighted by Crippen LogP contribution is 2.20. The fourth-order valence-electron chi connectivity index (χ4n) is 2.05. The van der Waals surface area contributed by atoms with E-state index >= 15 is 0 Å². The maximum absolute atomic E-state index is 11.0. The van der Waals surface area contributed by atoms with Crippen LogP contribution in [0, 0.1) is 0 Å². The first kappa shape index (κ1) is 15.7. The van der Waals surface area contributed by atoms with E-state index in [2.05, 4.69) is 32.0 Å². The number of benzene rings is 1. The molecule has 0 amide bonds. The van der Waals surface area contributed by atoms with Crippen molar-refractivity contribution >= 4 is 5.78 Å². The van der Waals surface area contributed by atoms with E-state index < -0.39 is 0 Å². The van der Waals surface area contributed by atoms with E-state index in [1.807, 2.05) is 0 Å². The van der Waals surface area contributed by atoms with Crippen molar-refractivity contribution in [3.05, 3.63) is 29.3 Å². The quantitative estimate of drug-likeness (QED) is 0.661. The summed E-state index contributed by atoms with van der Waals surface area (Å²) in [7, 11) is 0. The van der Waals surface area contributed by atoms with Gasteiger partial charge in [0, 0.05) is 0 Å². The van der Waals surface area contributed by atoms with Crippen LogP contribution in [0.5, 0.6) is 5.75 Å².